The Morgan fingerprint density at radius 1 is 1.50 bits per heavy atom. The maximum absolute atomic E-state index is 12.6. The molecule has 1 fully saturated rings. The molecule has 3 N–H and O–H groups in total. The number of pyridine rings is 1. The molecule has 11 nitrogen and oxygen atoms in total. The van der Waals surface area contributed by atoms with E-state index in [-0.39, 0.29) is 19.7 Å². The minimum absolute atomic E-state index is 0.0148. The molecule has 0 bridgehead atoms. The van der Waals surface area contributed by atoms with Crippen molar-refractivity contribution in [2.75, 3.05) is 13.2 Å². The Balaban J connectivity index is 1.74. The lowest BCUT2D eigenvalue weighted by atomic mass is 10.2. The molecule has 12 heteroatoms. The summed E-state index contributed by atoms with van der Waals surface area (Å²) in [6.07, 6.45) is 4.41. The number of sulfonamides is 1. The van der Waals surface area contributed by atoms with Crippen molar-refractivity contribution in [3.05, 3.63) is 36.5 Å². The first kappa shape index (κ1) is 18.4. The van der Waals surface area contributed by atoms with Gasteiger partial charge in [-0.25, -0.2) is 33.2 Å². The standard InChI is InChI=1S/C14H19N7O4S/c1-2-25-14(22)11-7-17-20-13(11)26(23,24)19-6-10-4-3-5-16-12(10)21-9-15-8-18-21/h3-5,8-9,11,13,17,19-20H,2,6-7H2,1H3. The molecule has 2 aromatic rings. The fourth-order valence-electron chi connectivity index (χ4n) is 2.59. The molecule has 0 spiro atoms. The lowest BCUT2D eigenvalue weighted by molar-refractivity contribution is -0.147. The topological polar surface area (TPSA) is 140 Å². The number of carbonyl (C=O) groups excluding carboxylic acids is 1. The zero-order chi connectivity index (χ0) is 18.6. The Morgan fingerprint density at radius 2 is 2.35 bits per heavy atom. The number of hydrazine groups is 1. The SMILES string of the molecule is CCOC(=O)C1CNNC1S(=O)(=O)NCc1cccnc1-n1cncn1. The van der Waals surface area contributed by atoms with Gasteiger partial charge in [-0.3, -0.25) is 10.2 Å². The number of hydrogen-bond donors (Lipinski definition) is 3. The molecular formula is C14H19N7O4S. The smallest absolute Gasteiger partial charge is 0.313 e. The second kappa shape index (κ2) is 7.86. The Labute approximate surface area is 150 Å². The van der Waals surface area contributed by atoms with Gasteiger partial charge in [-0.05, 0) is 13.0 Å². The molecule has 3 rings (SSSR count). The average Bonchev–Trinajstić information content (AvgIpc) is 3.32. The van der Waals surface area contributed by atoms with E-state index in [1.165, 1.54) is 17.3 Å². The van der Waals surface area contributed by atoms with Crippen LogP contribution in [0.15, 0.2) is 31.0 Å². The fraction of sp³-hybridized carbons (Fsp3) is 0.429. The summed E-state index contributed by atoms with van der Waals surface area (Å²) in [5, 5.41) is 2.88. The summed E-state index contributed by atoms with van der Waals surface area (Å²) in [6.45, 7) is 2.01. The molecule has 1 aliphatic heterocycles. The van der Waals surface area contributed by atoms with E-state index in [0.717, 1.165) is 0 Å². The van der Waals surface area contributed by atoms with Crippen molar-refractivity contribution in [1.82, 2.24) is 35.3 Å². The number of carbonyl (C=O) groups is 1. The lowest BCUT2D eigenvalue weighted by Crippen LogP contribution is -2.47. The van der Waals surface area contributed by atoms with Crippen LogP contribution in [0.5, 0.6) is 0 Å². The molecule has 140 valence electrons. The molecule has 2 aromatic heterocycles. The summed E-state index contributed by atoms with van der Waals surface area (Å²) < 4.78 is 34.2. The summed E-state index contributed by atoms with van der Waals surface area (Å²) in [5.74, 6) is -0.937. The van der Waals surface area contributed by atoms with Crippen molar-refractivity contribution < 1.29 is 17.9 Å². The van der Waals surface area contributed by atoms with Crippen LogP contribution in [-0.2, 0) is 26.1 Å². The first-order chi connectivity index (χ1) is 12.5. The predicted molar refractivity (Wildman–Crippen MR) is 90.0 cm³/mol. The van der Waals surface area contributed by atoms with Gasteiger partial charge in [0.1, 0.15) is 18.6 Å². The number of rotatable bonds is 7. The first-order valence-electron chi connectivity index (χ1n) is 7.95. The van der Waals surface area contributed by atoms with Crippen LogP contribution in [0.4, 0.5) is 0 Å². The van der Waals surface area contributed by atoms with Crippen molar-refractivity contribution in [2.24, 2.45) is 5.92 Å². The molecule has 0 aromatic carbocycles. The molecule has 0 aliphatic carbocycles. The van der Waals surface area contributed by atoms with Crippen molar-refractivity contribution >= 4 is 16.0 Å². The van der Waals surface area contributed by atoms with Crippen LogP contribution >= 0.6 is 0 Å². The zero-order valence-corrected chi connectivity index (χ0v) is 14.8. The third kappa shape index (κ3) is 3.88. The molecular weight excluding hydrogens is 362 g/mol. The van der Waals surface area contributed by atoms with Gasteiger partial charge in [0.2, 0.25) is 10.0 Å². The van der Waals surface area contributed by atoms with Crippen LogP contribution in [0, 0.1) is 5.92 Å². The van der Waals surface area contributed by atoms with Crippen molar-refractivity contribution in [3.8, 4) is 5.82 Å². The molecule has 3 heterocycles. The first-order valence-corrected chi connectivity index (χ1v) is 9.50. The molecule has 0 radical (unpaired) electrons. The third-order valence-corrected chi connectivity index (χ3v) is 5.48. The highest BCUT2D eigenvalue weighted by molar-refractivity contribution is 7.90. The summed E-state index contributed by atoms with van der Waals surface area (Å²) in [7, 11) is -3.85. The van der Waals surface area contributed by atoms with Crippen molar-refractivity contribution in [2.45, 2.75) is 18.8 Å². The van der Waals surface area contributed by atoms with Gasteiger partial charge in [-0.15, -0.1) is 0 Å². The van der Waals surface area contributed by atoms with Gasteiger partial charge in [0.25, 0.3) is 0 Å². The minimum atomic E-state index is -3.85. The van der Waals surface area contributed by atoms with Crippen LogP contribution in [0.1, 0.15) is 12.5 Å². The van der Waals surface area contributed by atoms with E-state index in [1.807, 2.05) is 0 Å². The highest BCUT2D eigenvalue weighted by Gasteiger charge is 2.42. The number of hydrogen-bond acceptors (Lipinski definition) is 9. The van der Waals surface area contributed by atoms with Crippen molar-refractivity contribution in [3.63, 3.8) is 0 Å². The number of esters is 1. The third-order valence-electron chi connectivity index (χ3n) is 3.82. The lowest BCUT2D eigenvalue weighted by Gasteiger charge is -2.18. The van der Waals surface area contributed by atoms with Gasteiger partial charge in [0.05, 0.1) is 6.61 Å². The van der Waals surface area contributed by atoms with E-state index in [1.54, 1.807) is 25.3 Å². The average molecular weight is 381 g/mol. The van der Waals surface area contributed by atoms with Crippen LogP contribution in [-0.4, -0.2) is 52.7 Å². The van der Waals surface area contributed by atoms with E-state index in [2.05, 4.69) is 30.6 Å². The Hall–Kier alpha value is -2.41. The summed E-state index contributed by atoms with van der Waals surface area (Å²) in [4.78, 5) is 20.0. The Bertz CT molecular complexity index is 856. The minimum Gasteiger partial charge on any atom is -0.466 e. The van der Waals surface area contributed by atoms with Crippen molar-refractivity contribution in [1.29, 1.82) is 0 Å². The highest BCUT2D eigenvalue weighted by atomic mass is 32.2. The molecule has 1 aliphatic rings. The van der Waals surface area contributed by atoms with Gasteiger partial charge < -0.3 is 4.74 Å². The molecule has 0 saturated carbocycles. The number of nitrogens with one attached hydrogen (secondary N) is 3. The van der Waals surface area contributed by atoms with E-state index in [4.69, 9.17) is 4.74 Å². The number of aromatic nitrogens is 4. The maximum atomic E-state index is 12.6. The van der Waals surface area contributed by atoms with Gasteiger partial charge in [0.15, 0.2) is 11.2 Å². The summed E-state index contributed by atoms with van der Waals surface area (Å²) in [5.41, 5.74) is 5.93. The molecule has 26 heavy (non-hydrogen) atoms. The van der Waals surface area contributed by atoms with E-state index < -0.39 is 27.3 Å². The van der Waals surface area contributed by atoms with E-state index >= 15 is 0 Å². The van der Waals surface area contributed by atoms with Gasteiger partial charge in [0, 0.05) is 24.8 Å². The van der Waals surface area contributed by atoms with Gasteiger partial charge in [-0.1, -0.05) is 6.07 Å². The monoisotopic (exact) mass is 381 g/mol. The van der Waals surface area contributed by atoms with E-state index in [9.17, 15) is 13.2 Å². The second-order valence-electron chi connectivity index (χ2n) is 5.50. The quantitative estimate of drug-likeness (QED) is 0.499. The van der Waals surface area contributed by atoms with Crippen LogP contribution < -0.4 is 15.6 Å². The molecule has 0 amide bonds. The highest BCUT2D eigenvalue weighted by Crippen LogP contribution is 2.16. The Kier molecular flexibility index (Phi) is 5.56. The molecule has 1 saturated heterocycles. The normalized spacial score (nSPS) is 20.2. The summed E-state index contributed by atoms with van der Waals surface area (Å²) >= 11 is 0. The fourth-order valence-corrected chi connectivity index (χ4v) is 4.00. The predicted octanol–water partition coefficient (Wildman–Crippen LogP) is -1.31. The summed E-state index contributed by atoms with van der Waals surface area (Å²) in [6, 6.07) is 3.43. The number of nitrogens with zero attached hydrogens (tertiary/aromatic N) is 4. The van der Waals surface area contributed by atoms with E-state index in [0.29, 0.717) is 11.4 Å². The Morgan fingerprint density at radius 3 is 3.08 bits per heavy atom. The largest absolute Gasteiger partial charge is 0.466 e. The molecule has 2 unspecified atom stereocenters. The molecule has 2 atom stereocenters. The van der Waals surface area contributed by atoms with Crippen LogP contribution in [0.25, 0.3) is 5.82 Å². The second-order valence-corrected chi connectivity index (χ2v) is 7.38. The van der Waals surface area contributed by atoms with Crippen LogP contribution in [0.2, 0.25) is 0 Å². The van der Waals surface area contributed by atoms with Gasteiger partial charge >= 0.3 is 5.97 Å². The maximum Gasteiger partial charge on any atom is 0.313 e. The number of ether oxygens (including phenoxy) is 1. The van der Waals surface area contributed by atoms with Crippen LogP contribution in [0.3, 0.4) is 0 Å². The zero-order valence-electron chi connectivity index (χ0n) is 14.0. The van der Waals surface area contributed by atoms with Gasteiger partial charge in [-0.2, -0.15) is 5.10 Å².